The minimum atomic E-state index is -1.56. The molecule has 10 N–H and O–H groups in total. The van der Waals surface area contributed by atoms with E-state index in [0.717, 1.165) is 0 Å². The number of aliphatic hydroxyl groups is 1. The molecule has 0 saturated carbocycles. The average molecular weight is 628 g/mol. The molecule has 7 atom stereocenters. The molecule has 0 aliphatic carbocycles. The first-order chi connectivity index (χ1) is 20.5. The van der Waals surface area contributed by atoms with Gasteiger partial charge >= 0.3 is 5.97 Å². The topological polar surface area (TPSA) is 263 Å². The summed E-state index contributed by atoms with van der Waals surface area (Å²) in [5.41, 5.74) is 11.0. The van der Waals surface area contributed by atoms with Gasteiger partial charge in [0, 0.05) is 6.54 Å². The predicted molar refractivity (Wildman–Crippen MR) is 158 cm³/mol. The molecule has 1 aliphatic heterocycles. The third-order valence-electron chi connectivity index (χ3n) is 7.71. The molecule has 1 rings (SSSR count). The molecule has 16 nitrogen and oxygen atoms in total. The molecule has 0 bridgehead atoms. The maximum atomic E-state index is 13.6. The van der Waals surface area contributed by atoms with Crippen molar-refractivity contribution in [3.05, 3.63) is 0 Å². The van der Waals surface area contributed by atoms with E-state index >= 15 is 0 Å². The standard InChI is InChI=1S/C28H49N7O9/c1-7-15(6)20(30)25(40)32-17(12-36)23(38)33-21(13(2)3)26(41)34-22(14(4)5)27(42)35-10-8-9-18(35)24(39)31-16(28(43)44)11-19(29)37/h13-18,20-22,36H,7-12,30H2,1-6H3,(H2,29,37)(H,31,39)(H,32,40)(H,33,38)(H,34,41)(H,43,44)/t15-,16-,17-,18-,20-,21-,22-/m0/s1. The number of carbonyl (C=O) groups excluding carboxylic acids is 6. The lowest BCUT2D eigenvalue weighted by molar-refractivity contribution is -0.146. The van der Waals surface area contributed by atoms with Gasteiger partial charge in [-0.1, -0.05) is 48.0 Å². The summed E-state index contributed by atoms with van der Waals surface area (Å²) in [4.78, 5) is 89.4. The van der Waals surface area contributed by atoms with Crippen LogP contribution in [0.1, 0.15) is 67.2 Å². The van der Waals surface area contributed by atoms with Gasteiger partial charge in [-0.05, 0) is 30.6 Å². The summed E-state index contributed by atoms with van der Waals surface area (Å²) in [5.74, 6) is -6.97. The number of aliphatic carboxylic acids is 1. The summed E-state index contributed by atoms with van der Waals surface area (Å²) in [6.07, 6.45) is 0.672. The fourth-order valence-electron chi connectivity index (χ4n) is 4.67. The maximum Gasteiger partial charge on any atom is 0.326 e. The molecule has 0 aromatic carbocycles. The third kappa shape index (κ3) is 10.7. The fraction of sp³-hybridized carbons (Fsp3) is 0.750. The van der Waals surface area contributed by atoms with Crippen LogP contribution in [-0.4, -0.2) is 106 Å². The lowest BCUT2D eigenvalue weighted by atomic mass is 9.98. The van der Waals surface area contributed by atoms with Crippen LogP contribution in [0.25, 0.3) is 0 Å². The van der Waals surface area contributed by atoms with Crippen LogP contribution in [0, 0.1) is 17.8 Å². The number of likely N-dealkylation sites (tertiary alicyclic amines) is 1. The van der Waals surface area contributed by atoms with Gasteiger partial charge in [-0.2, -0.15) is 0 Å². The van der Waals surface area contributed by atoms with Gasteiger partial charge < -0.3 is 47.8 Å². The number of carboxylic acids is 1. The van der Waals surface area contributed by atoms with Crippen molar-refractivity contribution in [2.24, 2.45) is 29.2 Å². The van der Waals surface area contributed by atoms with Gasteiger partial charge in [-0.15, -0.1) is 0 Å². The van der Waals surface area contributed by atoms with E-state index in [0.29, 0.717) is 12.8 Å². The molecule has 6 amide bonds. The van der Waals surface area contributed by atoms with E-state index in [1.807, 2.05) is 6.92 Å². The van der Waals surface area contributed by atoms with Crippen molar-refractivity contribution in [3.8, 4) is 0 Å². The van der Waals surface area contributed by atoms with E-state index < -0.39 is 103 Å². The highest BCUT2D eigenvalue weighted by atomic mass is 16.4. The number of hydrogen-bond acceptors (Lipinski definition) is 9. The Balaban J connectivity index is 3.06. The molecule has 0 spiro atoms. The zero-order valence-corrected chi connectivity index (χ0v) is 26.3. The molecule has 0 radical (unpaired) electrons. The molecule has 0 aromatic rings. The van der Waals surface area contributed by atoms with Gasteiger partial charge in [0.05, 0.1) is 19.1 Å². The highest BCUT2D eigenvalue weighted by molar-refractivity contribution is 5.97. The van der Waals surface area contributed by atoms with E-state index in [1.54, 1.807) is 34.6 Å². The second kappa shape index (κ2) is 17.5. The Labute approximate surface area is 257 Å². The Bertz CT molecular complexity index is 1070. The average Bonchev–Trinajstić information content (AvgIpc) is 3.45. The van der Waals surface area contributed by atoms with Gasteiger partial charge in [0.25, 0.3) is 0 Å². The van der Waals surface area contributed by atoms with Crippen LogP contribution in [-0.2, 0) is 33.6 Å². The highest BCUT2D eigenvalue weighted by Crippen LogP contribution is 2.21. The number of nitrogens with zero attached hydrogens (tertiary/aromatic N) is 1. The predicted octanol–water partition coefficient (Wildman–Crippen LogP) is -2.45. The number of nitrogens with one attached hydrogen (secondary N) is 4. The van der Waals surface area contributed by atoms with Crippen LogP contribution in [0.15, 0.2) is 0 Å². The third-order valence-corrected chi connectivity index (χ3v) is 7.71. The van der Waals surface area contributed by atoms with Gasteiger partial charge in [0.1, 0.15) is 30.2 Å². The summed E-state index contributed by atoms with van der Waals surface area (Å²) >= 11 is 0. The maximum absolute atomic E-state index is 13.6. The molecule has 0 aromatic heterocycles. The number of primary amides is 1. The van der Waals surface area contributed by atoms with Crippen molar-refractivity contribution in [2.75, 3.05) is 13.2 Å². The van der Waals surface area contributed by atoms with Crippen molar-refractivity contribution in [1.82, 2.24) is 26.2 Å². The number of carbonyl (C=O) groups is 7. The lowest BCUT2D eigenvalue weighted by Crippen LogP contribution is -2.61. The molecule has 16 heteroatoms. The van der Waals surface area contributed by atoms with Crippen molar-refractivity contribution in [3.63, 3.8) is 0 Å². The quantitative estimate of drug-likeness (QED) is 0.0844. The van der Waals surface area contributed by atoms with E-state index in [-0.39, 0.29) is 18.9 Å². The molecular formula is C28H49N7O9. The summed E-state index contributed by atoms with van der Waals surface area (Å²) < 4.78 is 0. The fourth-order valence-corrected chi connectivity index (χ4v) is 4.67. The minimum absolute atomic E-state index is 0.171. The van der Waals surface area contributed by atoms with Gasteiger partial charge in [0.2, 0.25) is 35.4 Å². The largest absolute Gasteiger partial charge is 0.480 e. The Hall–Kier alpha value is -3.79. The van der Waals surface area contributed by atoms with Crippen molar-refractivity contribution < 1.29 is 43.8 Å². The van der Waals surface area contributed by atoms with Gasteiger partial charge in [-0.25, -0.2) is 4.79 Å². The molecule has 1 heterocycles. The normalized spacial score (nSPS) is 18.9. The molecule has 1 fully saturated rings. The van der Waals surface area contributed by atoms with Crippen LogP contribution in [0.2, 0.25) is 0 Å². The highest BCUT2D eigenvalue weighted by Gasteiger charge is 2.41. The van der Waals surface area contributed by atoms with Gasteiger partial charge in [0.15, 0.2) is 0 Å². The second-order valence-corrected chi connectivity index (χ2v) is 11.9. The Morgan fingerprint density at radius 1 is 0.841 bits per heavy atom. The summed E-state index contributed by atoms with van der Waals surface area (Å²) in [7, 11) is 0. The first kappa shape index (κ1) is 38.2. The first-order valence-electron chi connectivity index (χ1n) is 14.9. The number of aliphatic hydroxyl groups excluding tert-OH is 1. The molecule has 250 valence electrons. The monoisotopic (exact) mass is 627 g/mol. The molecular weight excluding hydrogens is 578 g/mol. The number of carboxylic acid groups (broad SMARTS) is 1. The van der Waals surface area contributed by atoms with Gasteiger partial charge in [-0.3, -0.25) is 28.8 Å². The number of rotatable bonds is 17. The van der Waals surface area contributed by atoms with Crippen LogP contribution >= 0.6 is 0 Å². The Morgan fingerprint density at radius 2 is 1.41 bits per heavy atom. The van der Waals surface area contributed by atoms with E-state index in [2.05, 4.69) is 21.3 Å². The lowest BCUT2D eigenvalue weighted by Gasteiger charge is -2.32. The van der Waals surface area contributed by atoms with Crippen LogP contribution in [0.4, 0.5) is 0 Å². The summed E-state index contributed by atoms with van der Waals surface area (Å²) in [5, 5.41) is 29.0. The minimum Gasteiger partial charge on any atom is -0.480 e. The Morgan fingerprint density at radius 3 is 1.89 bits per heavy atom. The van der Waals surface area contributed by atoms with Crippen LogP contribution in [0.5, 0.6) is 0 Å². The SMILES string of the molecule is CC[C@H](C)[C@H](N)C(=O)N[C@@H](CO)C(=O)N[C@H](C(=O)N[C@H](C(=O)N1CCC[C@H]1C(=O)N[C@@H](CC(N)=O)C(=O)O)C(C)C)C(C)C. The smallest absolute Gasteiger partial charge is 0.326 e. The van der Waals surface area contributed by atoms with Crippen LogP contribution < -0.4 is 32.7 Å². The van der Waals surface area contributed by atoms with Crippen molar-refractivity contribution >= 4 is 41.4 Å². The summed E-state index contributed by atoms with van der Waals surface area (Å²) in [6.45, 7) is 9.74. The van der Waals surface area contributed by atoms with E-state index in [1.165, 1.54) is 4.90 Å². The van der Waals surface area contributed by atoms with E-state index in [9.17, 15) is 43.8 Å². The molecule has 0 unspecified atom stereocenters. The van der Waals surface area contributed by atoms with Crippen LogP contribution in [0.3, 0.4) is 0 Å². The Kier molecular flexibility index (Phi) is 15.2. The zero-order chi connectivity index (χ0) is 33.9. The van der Waals surface area contributed by atoms with E-state index in [4.69, 9.17) is 11.5 Å². The zero-order valence-electron chi connectivity index (χ0n) is 26.3. The van der Waals surface area contributed by atoms with Crippen molar-refractivity contribution in [2.45, 2.75) is 103 Å². The molecule has 1 saturated heterocycles. The number of nitrogens with two attached hydrogens (primary N) is 2. The molecule has 1 aliphatic rings. The second-order valence-electron chi connectivity index (χ2n) is 11.9. The molecule has 44 heavy (non-hydrogen) atoms. The first-order valence-corrected chi connectivity index (χ1v) is 14.9. The number of amides is 6. The number of hydrogen-bond donors (Lipinski definition) is 8. The summed E-state index contributed by atoms with van der Waals surface area (Å²) in [6, 6.07) is -7.15. The van der Waals surface area contributed by atoms with Crippen molar-refractivity contribution in [1.29, 1.82) is 0 Å².